The predicted molar refractivity (Wildman–Crippen MR) is 80.7 cm³/mol. The summed E-state index contributed by atoms with van der Waals surface area (Å²) in [7, 11) is 0. The Morgan fingerprint density at radius 2 is 2.05 bits per heavy atom. The van der Waals surface area contributed by atoms with Crippen LogP contribution in [0.3, 0.4) is 0 Å². The van der Waals surface area contributed by atoms with Crippen molar-refractivity contribution in [2.24, 2.45) is 5.92 Å². The maximum atomic E-state index is 9.79. The molecule has 0 bridgehead atoms. The number of hydrogen-bond acceptors (Lipinski definition) is 2. The Kier molecular flexibility index (Phi) is 4.87. The van der Waals surface area contributed by atoms with Crippen LogP contribution < -0.4 is 5.32 Å². The van der Waals surface area contributed by atoms with E-state index in [4.69, 9.17) is 0 Å². The van der Waals surface area contributed by atoms with Gasteiger partial charge in [0.1, 0.15) is 5.75 Å². The largest absolute Gasteiger partial charge is 0.508 e. The standard InChI is InChI=1S/C17H27NO/c1-4-7-15-16-11-14(19)9-8-13(16)10-12(5-2)17(15)18-6-3/h8-9,11-12,15,17-19H,4-7,10H2,1-3H3. The van der Waals surface area contributed by atoms with Crippen LogP contribution >= 0.6 is 0 Å². The normalized spacial score (nSPS) is 26.2. The third kappa shape index (κ3) is 2.94. The summed E-state index contributed by atoms with van der Waals surface area (Å²) in [5.41, 5.74) is 2.81. The molecule has 0 amide bonds. The fourth-order valence-corrected chi connectivity index (χ4v) is 3.63. The number of rotatable bonds is 5. The van der Waals surface area contributed by atoms with Gasteiger partial charge in [-0.3, -0.25) is 0 Å². The van der Waals surface area contributed by atoms with Crippen molar-refractivity contribution < 1.29 is 5.11 Å². The molecule has 1 aliphatic carbocycles. The highest BCUT2D eigenvalue weighted by atomic mass is 16.3. The Morgan fingerprint density at radius 3 is 2.68 bits per heavy atom. The average Bonchev–Trinajstić information content (AvgIpc) is 2.41. The molecule has 0 aliphatic heterocycles. The molecule has 0 fully saturated rings. The molecule has 0 radical (unpaired) electrons. The van der Waals surface area contributed by atoms with Gasteiger partial charge in [0.05, 0.1) is 0 Å². The number of benzene rings is 1. The third-order valence-corrected chi connectivity index (χ3v) is 4.52. The first-order chi connectivity index (χ1) is 9.21. The molecule has 2 N–H and O–H groups in total. The summed E-state index contributed by atoms with van der Waals surface area (Å²) >= 11 is 0. The predicted octanol–water partition coefficient (Wildman–Crippen LogP) is 3.84. The van der Waals surface area contributed by atoms with Gasteiger partial charge < -0.3 is 10.4 Å². The number of nitrogens with one attached hydrogen (secondary N) is 1. The summed E-state index contributed by atoms with van der Waals surface area (Å²) < 4.78 is 0. The second-order valence-corrected chi connectivity index (χ2v) is 5.73. The molecule has 2 nitrogen and oxygen atoms in total. The fraction of sp³-hybridized carbons (Fsp3) is 0.647. The van der Waals surface area contributed by atoms with E-state index < -0.39 is 0 Å². The lowest BCUT2D eigenvalue weighted by Gasteiger charge is -2.40. The van der Waals surface area contributed by atoms with E-state index in [0.717, 1.165) is 13.0 Å². The van der Waals surface area contributed by atoms with Gasteiger partial charge in [0.15, 0.2) is 0 Å². The maximum Gasteiger partial charge on any atom is 0.115 e. The van der Waals surface area contributed by atoms with E-state index in [0.29, 0.717) is 23.6 Å². The molecular formula is C17H27NO. The molecule has 0 saturated carbocycles. The van der Waals surface area contributed by atoms with Crippen LogP contribution in [-0.2, 0) is 6.42 Å². The van der Waals surface area contributed by atoms with Crippen molar-refractivity contribution in [2.45, 2.75) is 58.4 Å². The van der Waals surface area contributed by atoms with Crippen LogP contribution in [0.1, 0.15) is 57.1 Å². The van der Waals surface area contributed by atoms with Gasteiger partial charge in [0.2, 0.25) is 0 Å². The number of fused-ring (bicyclic) bond motifs is 1. The average molecular weight is 261 g/mol. The molecule has 0 saturated heterocycles. The Balaban J connectivity index is 2.39. The van der Waals surface area contributed by atoms with E-state index >= 15 is 0 Å². The minimum absolute atomic E-state index is 0.407. The SMILES string of the molecule is CCCC1c2cc(O)ccc2CC(CC)C1NCC. The van der Waals surface area contributed by atoms with Gasteiger partial charge in [0.25, 0.3) is 0 Å². The Hall–Kier alpha value is -1.02. The highest BCUT2D eigenvalue weighted by molar-refractivity contribution is 5.40. The molecule has 106 valence electrons. The Bertz CT molecular complexity index is 416. The molecule has 1 aliphatic rings. The Morgan fingerprint density at radius 1 is 1.26 bits per heavy atom. The van der Waals surface area contributed by atoms with Crippen LogP contribution in [0.4, 0.5) is 0 Å². The Labute approximate surface area is 117 Å². The zero-order chi connectivity index (χ0) is 13.8. The second kappa shape index (κ2) is 6.42. The van der Waals surface area contributed by atoms with Crippen molar-refractivity contribution in [1.29, 1.82) is 0 Å². The zero-order valence-corrected chi connectivity index (χ0v) is 12.4. The monoisotopic (exact) mass is 261 g/mol. The number of hydrogen-bond donors (Lipinski definition) is 2. The minimum atomic E-state index is 0.407. The molecule has 0 spiro atoms. The molecule has 3 atom stereocenters. The summed E-state index contributed by atoms with van der Waals surface area (Å²) in [6, 6.07) is 6.51. The lowest BCUT2D eigenvalue weighted by molar-refractivity contribution is 0.270. The molecular weight excluding hydrogens is 234 g/mol. The molecule has 0 heterocycles. The van der Waals surface area contributed by atoms with Gasteiger partial charge in [-0.2, -0.15) is 0 Å². The smallest absolute Gasteiger partial charge is 0.115 e. The van der Waals surface area contributed by atoms with Crippen LogP contribution in [0.25, 0.3) is 0 Å². The third-order valence-electron chi connectivity index (χ3n) is 4.52. The number of phenols is 1. The van der Waals surface area contributed by atoms with Crippen molar-refractivity contribution >= 4 is 0 Å². The van der Waals surface area contributed by atoms with Crippen LogP contribution in [-0.4, -0.2) is 17.7 Å². The molecule has 3 unspecified atom stereocenters. The maximum absolute atomic E-state index is 9.79. The van der Waals surface area contributed by atoms with Crippen LogP contribution in [0.2, 0.25) is 0 Å². The number of likely N-dealkylation sites (N-methyl/N-ethyl adjacent to an activating group) is 1. The van der Waals surface area contributed by atoms with Gasteiger partial charge in [0, 0.05) is 6.04 Å². The van der Waals surface area contributed by atoms with E-state index in [1.54, 1.807) is 0 Å². The fourth-order valence-electron chi connectivity index (χ4n) is 3.63. The van der Waals surface area contributed by atoms with E-state index in [-0.39, 0.29) is 0 Å². The number of phenolic OH excluding ortho intramolecular Hbond substituents is 1. The van der Waals surface area contributed by atoms with Crippen LogP contribution in [0.15, 0.2) is 18.2 Å². The van der Waals surface area contributed by atoms with Gasteiger partial charge >= 0.3 is 0 Å². The molecule has 19 heavy (non-hydrogen) atoms. The van der Waals surface area contributed by atoms with Crippen molar-refractivity contribution in [2.75, 3.05) is 6.54 Å². The molecule has 1 aromatic carbocycles. The molecule has 2 heteroatoms. The zero-order valence-electron chi connectivity index (χ0n) is 12.4. The number of aromatic hydroxyl groups is 1. The van der Waals surface area contributed by atoms with E-state index in [2.05, 4.69) is 32.2 Å². The first-order valence-corrected chi connectivity index (χ1v) is 7.76. The topological polar surface area (TPSA) is 32.3 Å². The summed E-state index contributed by atoms with van der Waals surface area (Å²) in [6.45, 7) is 7.76. The lowest BCUT2D eigenvalue weighted by Crippen LogP contribution is -2.44. The molecule has 1 aromatic rings. The van der Waals surface area contributed by atoms with Crippen molar-refractivity contribution in [3.05, 3.63) is 29.3 Å². The first kappa shape index (κ1) is 14.4. The summed E-state index contributed by atoms with van der Waals surface area (Å²) in [4.78, 5) is 0. The van der Waals surface area contributed by atoms with Gasteiger partial charge in [-0.25, -0.2) is 0 Å². The van der Waals surface area contributed by atoms with Gasteiger partial charge in [-0.15, -0.1) is 0 Å². The van der Waals surface area contributed by atoms with E-state index in [1.807, 2.05) is 12.1 Å². The van der Waals surface area contributed by atoms with Gasteiger partial charge in [-0.05, 0) is 54.5 Å². The van der Waals surface area contributed by atoms with Crippen molar-refractivity contribution in [3.63, 3.8) is 0 Å². The molecule has 2 rings (SSSR count). The van der Waals surface area contributed by atoms with Crippen LogP contribution in [0, 0.1) is 5.92 Å². The first-order valence-electron chi connectivity index (χ1n) is 7.76. The van der Waals surface area contributed by atoms with Gasteiger partial charge in [-0.1, -0.05) is 39.7 Å². The van der Waals surface area contributed by atoms with E-state index in [1.165, 1.54) is 30.4 Å². The van der Waals surface area contributed by atoms with Crippen molar-refractivity contribution in [3.8, 4) is 5.75 Å². The quantitative estimate of drug-likeness (QED) is 0.844. The summed E-state index contributed by atoms with van der Waals surface area (Å²) in [5, 5.41) is 13.5. The van der Waals surface area contributed by atoms with Crippen molar-refractivity contribution in [1.82, 2.24) is 5.32 Å². The highest BCUT2D eigenvalue weighted by Gasteiger charge is 2.34. The van der Waals surface area contributed by atoms with Crippen LogP contribution in [0.5, 0.6) is 5.75 Å². The summed E-state index contributed by atoms with van der Waals surface area (Å²) in [6.07, 6.45) is 4.75. The second-order valence-electron chi connectivity index (χ2n) is 5.73. The lowest BCUT2D eigenvalue weighted by atomic mass is 9.70. The summed E-state index contributed by atoms with van der Waals surface area (Å²) in [5.74, 6) is 1.67. The van der Waals surface area contributed by atoms with E-state index in [9.17, 15) is 5.11 Å². The highest BCUT2D eigenvalue weighted by Crippen LogP contribution is 2.40. The molecule has 0 aromatic heterocycles. The minimum Gasteiger partial charge on any atom is -0.508 e.